The predicted molar refractivity (Wildman–Crippen MR) is 45.2 cm³/mol. The Kier molecular flexibility index (Phi) is 4.23. The number of nitrogens with zero attached hydrogens (tertiary/aromatic N) is 3. The fourth-order valence-corrected chi connectivity index (χ4v) is 0.951. The number of hydrogen-bond donors (Lipinski definition) is 1. The molecule has 0 fully saturated rings. The van der Waals surface area contributed by atoms with Crippen molar-refractivity contribution in [2.24, 2.45) is 0 Å². The topological polar surface area (TPSA) is 167 Å². The second-order valence-corrected chi connectivity index (χ2v) is 2.79. The minimum atomic E-state index is -3.56. The van der Waals surface area contributed by atoms with E-state index in [1.165, 1.54) is 0 Å². The van der Waals surface area contributed by atoms with E-state index < -0.39 is 45.8 Å². The molecule has 0 unspecified atom stereocenters. The SMILES string of the molecule is O=C(O)CCCC([N+](=O)[O-])([N+](=O)[O-])[N+](=O)[O-]. The fourth-order valence-electron chi connectivity index (χ4n) is 0.951. The summed E-state index contributed by atoms with van der Waals surface area (Å²) in [6, 6.07) is 0. The first-order valence-corrected chi connectivity index (χ1v) is 3.90. The summed E-state index contributed by atoms with van der Waals surface area (Å²) in [5.41, 5.74) is 0. The lowest BCUT2D eigenvalue weighted by Crippen LogP contribution is -2.53. The number of aliphatic carboxylic acids is 1. The number of carboxylic acids is 1. The molecule has 0 rings (SSSR count). The zero-order valence-corrected chi connectivity index (χ0v) is 7.77. The van der Waals surface area contributed by atoms with Crippen LogP contribution in [-0.4, -0.2) is 31.6 Å². The maximum Gasteiger partial charge on any atom is 0.699 e. The zero-order valence-electron chi connectivity index (χ0n) is 7.77. The third-order valence-corrected chi connectivity index (χ3v) is 1.78. The summed E-state index contributed by atoms with van der Waals surface area (Å²) in [7, 11) is 0. The van der Waals surface area contributed by atoms with Crippen LogP contribution in [0.2, 0.25) is 0 Å². The molecule has 1 N–H and O–H groups in total. The van der Waals surface area contributed by atoms with Gasteiger partial charge in [-0.25, -0.2) is 0 Å². The molecule has 0 aromatic rings. The summed E-state index contributed by atoms with van der Waals surface area (Å²) in [5, 5.41) is 39.3. The summed E-state index contributed by atoms with van der Waals surface area (Å²) < 4.78 is 0. The smallest absolute Gasteiger partial charge is 0.481 e. The minimum Gasteiger partial charge on any atom is -0.481 e. The van der Waals surface area contributed by atoms with Gasteiger partial charge >= 0.3 is 11.8 Å². The number of carbonyl (C=O) groups is 1. The molecule has 0 aliphatic heterocycles. The van der Waals surface area contributed by atoms with Crippen LogP contribution < -0.4 is 0 Å². The molecule has 0 aliphatic rings. The van der Waals surface area contributed by atoms with Crippen LogP contribution in [0.1, 0.15) is 19.3 Å². The Morgan fingerprint density at radius 3 is 1.69 bits per heavy atom. The summed E-state index contributed by atoms with van der Waals surface area (Å²) in [5.74, 6) is -4.90. The Bertz CT molecular complexity index is 303. The lowest BCUT2D eigenvalue weighted by Gasteiger charge is -2.07. The van der Waals surface area contributed by atoms with E-state index >= 15 is 0 Å². The van der Waals surface area contributed by atoms with Gasteiger partial charge in [-0.1, -0.05) is 0 Å². The summed E-state index contributed by atoms with van der Waals surface area (Å²) in [6.45, 7) is 0. The van der Waals surface area contributed by atoms with E-state index in [-0.39, 0.29) is 0 Å². The maximum atomic E-state index is 10.4. The molecule has 0 heterocycles. The average Bonchev–Trinajstić information content (AvgIpc) is 2.09. The zero-order chi connectivity index (χ0) is 12.9. The van der Waals surface area contributed by atoms with Crippen LogP contribution in [0, 0.1) is 30.3 Å². The quantitative estimate of drug-likeness (QED) is 0.358. The van der Waals surface area contributed by atoms with Gasteiger partial charge in [0, 0.05) is 6.42 Å². The molecule has 0 aromatic heterocycles. The molecule has 0 radical (unpaired) electrons. The monoisotopic (exact) mass is 237 g/mol. The normalized spacial score (nSPS) is 10.8. The highest BCUT2D eigenvalue weighted by Crippen LogP contribution is 2.20. The van der Waals surface area contributed by atoms with Gasteiger partial charge in [0.25, 0.3) is 0 Å². The molecule has 11 heteroatoms. The van der Waals surface area contributed by atoms with Crippen molar-refractivity contribution in [1.29, 1.82) is 0 Å². The standard InChI is InChI=1S/C5H7N3O8/c9-4(10)2-1-3-5(6(11)12,7(13)14)8(15)16/h1-3H2,(H,9,10). The summed E-state index contributed by atoms with van der Waals surface area (Å²) in [4.78, 5) is 36.3. The Morgan fingerprint density at radius 1 is 1.06 bits per heavy atom. The number of carboxylic acid groups (broad SMARTS) is 1. The van der Waals surface area contributed by atoms with Gasteiger partial charge in [0.1, 0.15) is 0 Å². The lowest BCUT2D eigenvalue weighted by atomic mass is 10.1. The fraction of sp³-hybridized carbons (Fsp3) is 0.800. The van der Waals surface area contributed by atoms with Crippen LogP contribution in [0.25, 0.3) is 0 Å². The van der Waals surface area contributed by atoms with E-state index in [0.717, 1.165) is 0 Å². The molecular formula is C5H7N3O8. The van der Waals surface area contributed by atoms with Crippen LogP contribution >= 0.6 is 0 Å². The maximum absolute atomic E-state index is 10.4. The molecule has 0 bridgehead atoms. The molecule has 0 saturated heterocycles. The van der Waals surface area contributed by atoms with Crippen molar-refractivity contribution in [3.05, 3.63) is 30.3 Å². The van der Waals surface area contributed by atoms with Crippen LogP contribution in [0.3, 0.4) is 0 Å². The van der Waals surface area contributed by atoms with Gasteiger partial charge in [0.2, 0.25) is 0 Å². The highest BCUT2D eigenvalue weighted by molar-refractivity contribution is 5.66. The molecule has 0 aromatic carbocycles. The van der Waals surface area contributed by atoms with Crippen LogP contribution in [0.5, 0.6) is 0 Å². The third-order valence-electron chi connectivity index (χ3n) is 1.78. The minimum absolute atomic E-state index is 0.529. The van der Waals surface area contributed by atoms with Gasteiger partial charge in [-0.15, -0.1) is 0 Å². The second-order valence-electron chi connectivity index (χ2n) is 2.79. The first-order chi connectivity index (χ1) is 7.25. The Morgan fingerprint density at radius 2 is 1.44 bits per heavy atom. The Labute approximate surface area is 87.1 Å². The summed E-state index contributed by atoms with van der Waals surface area (Å²) >= 11 is 0. The first kappa shape index (κ1) is 13.7. The van der Waals surface area contributed by atoms with Gasteiger partial charge in [-0.2, -0.15) is 0 Å². The van der Waals surface area contributed by atoms with Gasteiger partial charge < -0.3 is 5.11 Å². The van der Waals surface area contributed by atoms with E-state index in [1.807, 2.05) is 0 Å². The number of hydrogen-bond acceptors (Lipinski definition) is 7. The van der Waals surface area contributed by atoms with Crippen molar-refractivity contribution in [3.8, 4) is 0 Å². The van der Waals surface area contributed by atoms with Crippen molar-refractivity contribution in [3.63, 3.8) is 0 Å². The highest BCUT2D eigenvalue weighted by Gasteiger charge is 2.69. The van der Waals surface area contributed by atoms with E-state index in [4.69, 9.17) is 5.11 Å². The van der Waals surface area contributed by atoms with E-state index in [1.54, 1.807) is 0 Å². The molecule has 11 nitrogen and oxygen atoms in total. The number of rotatable bonds is 7. The third kappa shape index (κ3) is 2.59. The number of nitro groups is 3. The Balaban J connectivity index is 4.92. The molecule has 0 atom stereocenters. The lowest BCUT2D eigenvalue weighted by molar-refractivity contribution is -0.970. The second kappa shape index (κ2) is 4.95. The molecule has 16 heavy (non-hydrogen) atoms. The van der Waals surface area contributed by atoms with Gasteiger partial charge in [-0.05, 0) is 6.42 Å². The van der Waals surface area contributed by atoms with E-state index in [9.17, 15) is 35.1 Å². The molecule has 0 spiro atoms. The molecule has 0 saturated carbocycles. The van der Waals surface area contributed by atoms with Crippen LogP contribution in [0.15, 0.2) is 0 Å². The highest BCUT2D eigenvalue weighted by atomic mass is 16.7. The van der Waals surface area contributed by atoms with Crippen molar-refractivity contribution in [2.45, 2.75) is 25.0 Å². The van der Waals surface area contributed by atoms with Crippen molar-refractivity contribution in [1.82, 2.24) is 0 Å². The van der Waals surface area contributed by atoms with Gasteiger partial charge in [0.05, 0.1) is 0 Å². The van der Waals surface area contributed by atoms with Crippen molar-refractivity contribution in [2.75, 3.05) is 0 Å². The molecule has 90 valence electrons. The predicted octanol–water partition coefficient (Wildman–Crippen LogP) is -0.275. The molecular weight excluding hydrogens is 230 g/mol. The Hall–Kier alpha value is -2.33. The molecule has 0 aliphatic carbocycles. The van der Waals surface area contributed by atoms with Crippen LogP contribution in [-0.2, 0) is 4.79 Å². The average molecular weight is 237 g/mol. The van der Waals surface area contributed by atoms with Gasteiger partial charge in [-0.3, -0.25) is 35.1 Å². The van der Waals surface area contributed by atoms with E-state index in [0.29, 0.717) is 0 Å². The van der Waals surface area contributed by atoms with Gasteiger partial charge in [0.15, 0.2) is 21.2 Å². The molecule has 0 amide bonds. The summed E-state index contributed by atoms with van der Waals surface area (Å²) in [6.07, 6.45) is -2.22. The largest absolute Gasteiger partial charge is 0.699 e. The van der Waals surface area contributed by atoms with Crippen molar-refractivity contribution >= 4 is 5.97 Å². The first-order valence-electron chi connectivity index (χ1n) is 3.90. The van der Waals surface area contributed by atoms with Crippen LogP contribution in [0.4, 0.5) is 0 Å². The van der Waals surface area contributed by atoms with Crippen molar-refractivity contribution < 1.29 is 24.7 Å². The van der Waals surface area contributed by atoms with E-state index in [2.05, 4.69) is 0 Å².